The van der Waals surface area contributed by atoms with Crippen LogP contribution in [-0.4, -0.2) is 21.8 Å². The van der Waals surface area contributed by atoms with Crippen molar-refractivity contribution >= 4 is 17.5 Å². The topological polar surface area (TPSA) is 84.0 Å². The van der Waals surface area contributed by atoms with Gasteiger partial charge in [-0.1, -0.05) is 23.8 Å². The standard InChI is InChI=1S/C21H20N4O2/c1-14-5-6-18(15(2)10-14)25-21(27)19-11-17(7-9-23-19)20(26)24-13-16-4-3-8-22-12-16/h3-12H,13H2,1-2H3,(H,24,26)(H,25,27). The molecule has 3 aromatic rings. The summed E-state index contributed by atoms with van der Waals surface area (Å²) in [5.74, 6) is -0.634. The molecule has 0 saturated heterocycles. The molecule has 0 aliphatic carbocycles. The van der Waals surface area contributed by atoms with Crippen LogP contribution in [0.5, 0.6) is 0 Å². The highest BCUT2D eigenvalue weighted by molar-refractivity contribution is 6.05. The summed E-state index contributed by atoms with van der Waals surface area (Å²) in [4.78, 5) is 32.9. The minimum absolute atomic E-state index is 0.184. The molecule has 0 aliphatic heterocycles. The number of hydrogen-bond donors (Lipinski definition) is 2. The summed E-state index contributed by atoms with van der Waals surface area (Å²) in [5.41, 5.74) is 4.26. The first kappa shape index (κ1) is 18.3. The average molecular weight is 360 g/mol. The molecule has 2 N–H and O–H groups in total. The van der Waals surface area contributed by atoms with Gasteiger partial charge in [-0.15, -0.1) is 0 Å². The number of carbonyl (C=O) groups excluding carboxylic acids is 2. The Morgan fingerprint density at radius 1 is 1.00 bits per heavy atom. The Labute approximate surface area is 157 Å². The zero-order chi connectivity index (χ0) is 19.2. The number of anilines is 1. The van der Waals surface area contributed by atoms with E-state index in [1.165, 1.54) is 12.3 Å². The van der Waals surface area contributed by atoms with E-state index >= 15 is 0 Å². The quantitative estimate of drug-likeness (QED) is 0.731. The highest BCUT2D eigenvalue weighted by atomic mass is 16.2. The van der Waals surface area contributed by atoms with Gasteiger partial charge in [0.15, 0.2) is 0 Å². The molecule has 2 amide bonds. The molecule has 1 aromatic carbocycles. The molecule has 2 aromatic heterocycles. The van der Waals surface area contributed by atoms with Gasteiger partial charge >= 0.3 is 0 Å². The van der Waals surface area contributed by atoms with Gasteiger partial charge in [0, 0.05) is 36.4 Å². The summed E-state index contributed by atoms with van der Waals surface area (Å²) in [6.07, 6.45) is 4.82. The van der Waals surface area contributed by atoms with Crippen LogP contribution in [0.3, 0.4) is 0 Å². The lowest BCUT2D eigenvalue weighted by atomic mass is 10.1. The number of amides is 2. The predicted molar refractivity (Wildman–Crippen MR) is 104 cm³/mol. The van der Waals surface area contributed by atoms with Crippen LogP contribution < -0.4 is 10.6 Å². The van der Waals surface area contributed by atoms with Gasteiger partial charge in [-0.05, 0) is 49.2 Å². The van der Waals surface area contributed by atoms with Crippen molar-refractivity contribution in [2.45, 2.75) is 20.4 Å². The molecule has 0 fully saturated rings. The van der Waals surface area contributed by atoms with Crippen LogP contribution in [0.2, 0.25) is 0 Å². The van der Waals surface area contributed by atoms with Crippen LogP contribution in [-0.2, 0) is 6.54 Å². The molecule has 0 radical (unpaired) electrons. The molecule has 3 rings (SSSR count). The number of nitrogens with zero attached hydrogens (tertiary/aromatic N) is 2. The highest BCUT2D eigenvalue weighted by Crippen LogP contribution is 2.17. The first-order valence-corrected chi connectivity index (χ1v) is 8.54. The largest absolute Gasteiger partial charge is 0.348 e. The third-order valence-electron chi connectivity index (χ3n) is 4.06. The molecule has 6 heteroatoms. The van der Waals surface area contributed by atoms with E-state index in [1.807, 2.05) is 44.2 Å². The molecule has 0 aliphatic rings. The van der Waals surface area contributed by atoms with Crippen LogP contribution in [0.4, 0.5) is 5.69 Å². The second-order valence-corrected chi connectivity index (χ2v) is 6.25. The van der Waals surface area contributed by atoms with Crippen LogP contribution in [0.1, 0.15) is 37.5 Å². The van der Waals surface area contributed by atoms with E-state index in [-0.39, 0.29) is 17.5 Å². The zero-order valence-electron chi connectivity index (χ0n) is 15.2. The Balaban J connectivity index is 1.68. The number of aromatic nitrogens is 2. The monoisotopic (exact) mass is 360 g/mol. The average Bonchev–Trinajstić information content (AvgIpc) is 2.69. The molecule has 2 heterocycles. The molecule has 0 atom stereocenters. The number of benzene rings is 1. The van der Waals surface area contributed by atoms with E-state index in [2.05, 4.69) is 20.6 Å². The van der Waals surface area contributed by atoms with Crippen LogP contribution in [0, 0.1) is 13.8 Å². The Kier molecular flexibility index (Phi) is 5.56. The second kappa shape index (κ2) is 8.23. The Morgan fingerprint density at radius 3 is 2.59 bits per heavy atom. The van der Waals surface area contributed by atoms with Crippen molar-refractivity contribution in [1.29, 1.82) is 0 Å². The number of hydrogen-bond acceptors (Lipinski definition) is 4. The lowest BCUT2D eigenvalue weighted by Crippen LogP contribution is -2.24. The summed E-state index contributed by atoms with van der Waals surface area (Å²) in [6.45, 7) is 4.28. The minimum atomic E-state index is -0.358. The maximum Gasteiger partial charge on any atom is 0.274 e. The number of pyridine rings is 2. The van der Waals surface area contributed by atoms with Crippen LogP contribution in [0.15, 0.2) is 61.1 Å². The van der Waals surface area contributed by atoms with Crippen LogP contribution >= 0.6 is 0 Å². The maximum absolute atomic E-state index is 12.5. The summed E-state index contributed by atoms with van der Waals surface area (Å²) in [7, 11) is 0. The van der Waals surface area contributed by atoms with Crippen molar-refractivity contribution in [1.82, 2.24) is 15.3 Å². The third-order valence-corrected chi connectivity index (χ3v) is 4.06. The highest BCUT2D eigenvalue weighted by Gasteiger charge is 2.13. The summed E-state index contributed by atoms with van der Waals surface area (Å²) in [5, 5.41) is 5.64. The van der Waals surface area contributed by atoms with E-state index in [1.54, 1.807) is 18.5 Å². The number of nitrogens with one attached hydrogen (secondary N) is 2. The maximum atomic E-state index is 12.5. The number of rotatable bonds is 5. The van der Waals surface area contributed by atoms with Crippen molar-refractivity contribution in [3.63, 3.8) is 0 Å². The van der Waals surface area contributed by atoms with Gasteiger partial charge in [-0.2, -0.15) is 0 Å². The Bertz CT molecular complexity index is 971. The summed E-state index contributed by atoms with van der Waals surface area (Å²) >= 11 is 0. The fraction of sp³-hybridized carbons (Fsp3) is 0.143. The fourth-order valence-corrected chi connectivity index (χ4v) is 2.62. The molecular weight excluding hydrogens is 340 g/mol. The third kappa shape index (κ3) is 4.76. The van der Waals surface area contributed by atoms with Crippen molar-refractivity contribution in [2.24, 2.45) is 0 Å². The van der Waals surface area contributed by atoms with Gasteiger partial charge in [-0.3, -0.25) is 19.6 Å². The van der Waals surface area contributed by atoms with Gasteiger partial charge < -0.3 is 10.6 Å². The van der Waals surface area contributed by atoms with Gasteiger partial charge in [0.1, 0.15) is 5.69 Å². The second-order valence-electron chi connectivity index (χ2n) is 6.25. The minimum Gasteiger partial charge on any atom is -0.348 e. The first-order valence-electron chi connectivity index (χ1n) is 8.54. The van der Waals surface area contributed by atoms with Gasteiger partial charge in [0.25, 0.3) is 11.8 Å². The van der Waals surface area contributed by atoms with Gasteiger partial charge in [-0.25, -0.2) is 0 Å². The Hall–Kier alpha value is -3.54. The fourth-order valence-electron chi connectivity index (χ4n) is 2.62. The smallest absolute Gasteiger partial charge is 0.274 e. The SMILES string of the molecule is Cc1ccc(NC(=O)c2cc(C(=O)NCc3cccnc3)ccn2)c(C)c1. The van der Waals surface area contributed by atoms with Crippen molar-refractivity contribution < 1.29 is 9.59 Å². The van der Waals surface area contributed by atoms with E-state index < -0.39 is 0 Å². The normalized spacial score (nSPS) is 10.3. The predicted octanol–water partition coefficient (Wildman–Crippen LogP) is 3.28. The lowest BCUT2D eigenvalue weighted by molar-refractivity contribution is 0.0950. The summed E-state index contributed by atoms with van der Waals surface area (Å²) < 4.78 is 0. The van der Waals surface area contributed by atoms with E-state index in [4.69, 9.17) is 0 Å². The number of carbonyl (C=O) groups is 2. The van der Waals surface area contributed by atoms with Crippen molar-refractivity contribution in [2.75, 3.05) is 5.32 Å². The molecule has 136 valence electrons. The van der Waals surface area contributed by atoms with Crippen LogP contribution in [0.25, 0.3) is 0 Å². The number of aryl methyl sites for hydroxylation is 2. The van der Waals surface area contributed by atoms with Crippen molar-refractivity contribution in [3.05, 3.63) is 89.0 Å². The molecule has 0 saturated carbocycles. The summed E-state index contributed by atoms with van der Waals surface area (Å²) in [6, 6.07) is 12.5. The van der Waals surface area contributed by atoms with Gasteiger partial charge in [0.05, 0.1) is 0 Å². The molecule has 0 bridgehead atoms. The molecular formula is C21H20N4O2. The lowest BCUT2D eigenvalue weighted by Gasteiger charge is -2.10. The van der Waals surface area contributed by atoms with E-state index in [0.717, 1.165) is 22.4 Å². The van der Waals surface area contributed by atoms with Gasteiger partial charge in [0.2, 0.25) is 0 Å². The van der Waals surface area contributed by atoms with Crippen molar-refractivity contribution in [3.8, 4) is 0 Å². The zero-order valence-corrected chi connectivity index (χ0v) is 15.2. The molecule has 0 unspecified atom stereocenters. The molecule has 0 spiro atoms. The van der Waals surface area contributed by atoms with E-state index in [9.17, 15) is 9.59 Å². The first-order chi connectivity index (χ1) is 13.0. The molecule has 27 heavy (non-hydrogen) atoms. The Morgan fingerprint density at radius 2 is 1.85 bits per heavy atom. The van der Waals surface area contributed by atoms with E-state index in [0.29, 0.717) is 12.1 Å². The molecule has 6 nitrogen and oxygen atoms in total.